The quantitative estimate of drug-likeness (QED) is 0.794. The van der Waals surface area contributed by atoms with Crippen molar-refractivity contribution in [3.05, 3.63) is 78.1 Å². The molecule has 0 atom stereocenters. The molecule has 6 heteroatoms. The standard InChI is InChI=1S/C26H31N5O/c32-26-25(28-22-11-15-29(16-12-22)19-21-7-3-1-4-8-21)24(30-17-13-27-14-18-30)20-31(26)23-9-5-2-6-10-23/h1-10,20,22,27H,11-19H2. The first kappa shape index (κ1) is 20.9. The van der Waals surface area contributed by atoms with Gasteiger partial charge in [0.15, 0.2) is 0 Å². The van der Waals surface area contributed by atoms with Crippen LogP contribution < -0.4 is 10.2 Å². The van der Waals surface area contributed by atoms with Crippen LogP contribution >= 0.6 is 0 Å². The van der Waals surface area contributed by atoms with Crippen LogP contribution in [0.3, 0.4) is 0 Å². The predicted octanol–water partition coefficient (Wildman–Crippen LogP) is 2.89. The number of likely N-dealkylation sites (tertiary alicyclic amines) is 1. The third kappa shape index (κ3) is 4.61. The average molecular weight is 430 g/mol. The van der Waals surface area contributed by atoms with Gasteiger partial charge in [0.1, 0.15) is 5.71 Å². The lowest BCUT2D eigenvalue weighted by Crippen LogP contribution is -2.44. The molecule has 6 nitrogen and oxygen atoms in total. The topological polar surface area (TPSA) is 51.2 Å². The fourth-order valence-corrected chi connectivity index (χ4v) is 4.74. The Labute approximate surface area is 190 Å². The molecule has 5 rings (SSSR count). The van der Waals surface area contributed by atoms with Crippen LogP contribution in [0.2, 0.25) is 0 Å². The van der Waals surface area contributed by atoms with E-state index in [1.54, 1.807) is 4.90 Å². The Morgan fingerprint density at radius 2 is 1.53 bits per heavy atom. The van der Waals surface area contributed by atoms with Gasteiger partial charge in [-0.1, -0.05) is 48.5 Å². The van der Waals surface area contributed by atoms with E-state index in [9.17, 15) is 4.79 Å². The van der Waals surface area contributed by atoms with Crippen LogP contribution in [0.4, 0.5) is 5.69 Å². The summed E-state index contributed by atoms with van der Waals surface area (Å²) in [5.41, 5.74) is 3.86. The second kappa shape index (κ2) is 9.67. The van der Waals surface area contributed by atoms with E-state index in [0.29, 0.717) is 5.71 Å². The SMILES string of the molecule is O=C1C(=NC2CCN(Cc3ccccc3)CC2)C(N2CCNCC2)=CN1c1ccccc1. The number of anilines is 1. The van der Waals surface area contributed by atoms with Crippen molar-refractivity contribution >= 4 is 17.3 Å². The van der Waals surface area contributed by atoms with Gasteiger partial charge in [0.05, 0.1) is 11.7 Å². The molecule has 0 bridgehead atoms. The van der Waals surface area contributed by atoms with Crippen molar-refractivity contribution < 1.29 is 4.79 Å². The molecule has 0 aliphatic carbocycles. The maximum absolute atomic E-state index is 13.4. The second-order valence-electron chi connectivity index (χ2n) is 8.73. The summed E-state index contributed by atoms with van der Waals surface area (Å²) in [5.74, 6) is -0.00329. The number of piperazine rings is 1. The van der Waals surface area contributed by atoms with E-state index >= 15 is 0 Å². The van der Waals surface area contributed by atoms with Gasteiger partial charge in [-0.15, -0.1) is 0 Å². The molecule has 166 valence electrons. The zero-order valence-corrected chi connectivity index (χ0v) is 18.5. The van der Waals surface area contributed by atoms with Gasteiger partial charge in [0.2, 0.25) is 0 Å². The first-order valence-electron chi connectivity index (χ1n) is 11.7. The molecule has 3 aliphatic heterocycles. The number of nitrogens with one attached hydrogen (secondary N) is 1. The van der Waals surface area contributed by atoms with E-state index in [2.05, 4.69) is 45.4 Å². The van der Waals surface area contributed by atoms with Crippen LogP contribution in [0.5, 0.6) is 0 Å². The maximum Gasteiger partial charge on any atom is 0.282 e. The Balaban J connectivity index is 1.31. The van der Waals surface area contributed by atoms with E-state index in [4.69, 9.17) is 4.99 Å². The number of piperidine rings is 1. The molecule has 1 N–H and O–H groups in total. The monoisotopic (exact) mass is 429 g/mol. The van der Waals surface area contributed by atoms with Gasteiger partial charge in [-0.3, -0.25) is 19.6 Å². The maximum atomic E-state index is 13.4. The number of amides is 1. The van der Waals surface area contributed by atoms with Gasteiger partial charge < -0.3 is 10.2 Å². The van der Waals surface area contributed by atoms with Crippen LogP contribution in [-0.2, 0) is 11.3 Å². The predicted molar refractivity (Wildman–Crippen MR) is 129 cm³/mol. The fourth-order valence-electron chi connectivity index (χ4n) is 4.74. The number of benzene rings is 2. The summed E-state index contributed by atoms with van der Waals surface area (Å²) in [6.07, 6.45) is 3.97. The summed E-state index contributed by atoms with van der Waals surface area (Å²) >= 11 is 0. The number of carbonyl (C=O) groups is 1. The minimum Gasteiger partial charge on any atom is -0.366 e. The molecule has 2 aromatic carbocycles. The molecule has 3 aliphatic rings. The average Bonchev–Trinajstić information content (AvgIpc) is 3.18. The molecule has 32 heavy (non-hydrogen) atoms. The second-order valence-corrected chi connectivity index (χ2v) is 8.73. The highest BCUT2D eigenvalue weighted by Gasteiger charge is 2.35. The number of hydrogen-bond acceptors (Lipinski definition) is 5. The number of hydrogen-bond donors (Lipinski definition) is 1. The molecule has 3 heterocycles. The minimum absolute atomic E-state index is 0.00329. The summed E-state index contributed by atoms with van der Waals surface area (Å²) < 4.78 is 0. The Morgan fingerprint density at radius 1 is 0.875 bits per heavy atom. The van der Waals surface area contributed by atoms with E-state index in [1.165, 1.54) is 5.56 Å². The van der Waals surface area contributed by atoms with E-state index in [1.807, 2.05) is 36.5 Å². The van der Waals surface area contributed by atoms with Crippen molar-refractivity contribution in [2.45, 2.75) is 25.4 Å². The molecule has 0 spiro atoms. The Morgan fingerprint density at radius 3 is 2.22 bits per heavy atom. The molecule has 0 saturated carbocycles. The molecule has 0 unspecified atom stereocenters. The smallest absolute Gasteiger partial charge is 0.282 e. The third-order valence-electron chi connectivity index (χ3n) is 6.53. The molecule has 1 amide bonds. The number of para-hydroxylation sites is 1. The van der Waals surface area contributed by atoms with Gasteiger partial charge in [0.25, 0.3) is 5.91 Å². The van der Waals surface area contributed by atoms with E-state index < -0.39 is 0 Å². The van der Waals surface area contributed by atoms with Crippen LogP contribution in [-0.4, -0.2) is 66.7 Å². The fraction of sp³-hybridized carbons (Fsp3) is 0.385. The summed E-state index contributed by atoms with van der Waals surface area (Å²) in [4.78, 5) is 25.0. The molecule has 2 aromatic rings. The number of nitrogens with zero attached hydrogens (tertiary/aromatic N) is 4. The van der Waals surface area contributed by atoms with Gasteiger partial charge in [-0.05, 0) is 30.5 Å². The molecule has 2 fully saturated rings. The minimum atomic E-state index is -0.00329. The lowest BCUT2D eigenvalue weighted by Gasteiger charge is -2.32. The molecular formula is C26H31N5O. The number of carbonyl (C=O) groups excluding carboxylic acids is 1. The largest absolute Gasteiger partial charge is 0.366 e. The van der Waals surface area contributed by atoms with Crippen molar-refractivity contribution in [3.63, 3.8) is 0 Å². The van der Waals surface area contributed by atoms with Crippen LogP contribution in [0.1, 0.15) is 18.4 Å². The molecule has 0 aromatic heterocycles. The van der Waals surface area contributed by atoms with Crippen LogP contribution in [0.15, 0.2) is 77.6 Å². The molecule has 2 saturated heterocycles. The third-order valence-corrected chi connectivity index (χ3v) is 6.53. The van der Waals surface area contributed by atoms with Crippen molar-refractivity contribution in [3.8, 4) is 0 Å². The first-order valence-corrected chi connectivity index (χ1v) is 11.7. The highest BCUT2D eigenvalue weighted by molar-refractivity contribution is 6.52. The van der Waals surface area contributed by atoms with Crippen molar-refractivity contribution in [2.24, 2.45) is 4.99 Å². The van der Waals surface area contributed by atoms with Gasteiger partial charge >= 0.3 is 0 Å². The lowest BCUT2D eigenvalue weighted by atomic mass is 10.0. The molecular weight excluding hydrogens is 398 g/mol. The zero-order chi connectivity index (χ0) is 21.8. The summed E-state index contributed by atoms with van der Waals surface area (Å²) in [5, 5.41) is 3.40. The first-order chi connectivity index (χ1) is 15.8. The van der Waals surface area contributed by atoms with Crippen LogP contribution in [0.25, 0.3) is 0 Å². The van der Waals surface area contributed by atoms with Crippen molar-refractivity contribution in [1.29, 1.82) is 0 Å². The van der Waals surface area contributed by atoms with E-state index in [0.717, 1.165) is 70.0 Å². The summed E-state index contributed by atoms with van der Waals surface area (Å²) in [6.45, 7) is 6.67. The Bertz CT molecular complexity index is 974. The highest BCUT2D eigenvalue weighted by Crippen LogP contribution is 2.27. The Kier molecular flexibility index (Phi) is 6.32. The molecule has 0 radical (unpaired) electrons. The summed E-state index contributed by atoms with van der Waals surface area (Å²) in [6, 6.07) is 20.7. The number of rotatable bonds is 5. The normalized spacial score (nSPS) is 21.9. The lowest BCUT2D eigenvalue weighted by molar-refractivity contribution is -0.111. The zero-order valence-electron chi connectivity index (χ0n) is 18.5. The Hall–Kier alpha value is -2.96. The summed E-state index contributed by atoms with van der Waals surface area (Å²) in [7, 11) is 0. The highest BCUT2D eigenvalue weighted by atomic mass is 16.2. The van der Waals surface area contributed by atoms with Crippen molar-refractivity contribution in [2.75, 3.05) is 44.2 Å². The van der Waals surface area contributed by atoms with Crippen LogP contribution in [0, 0.1) is 0 Å². The van der Waals surface area contributed by atoms with Crippen molar-refractivity contribution in [1.82, 2.24) is 15.1 Å². The van der Waals surface area contributed by atoms with Gasteiger partial charge in [-0.25, -0.2) is 0 Å². The van der Waals surface area contributed by atoms with Gasteiger partial charge in [0, 0.05) is 57.7 Å². The number of aliphatic imine (C=N–C) groups is 1. The van der Waals surface area contributed by atoms with Gasteiger partial charge in [-0.2, -0.15) is 0 Å². The van der Waals surface area contributed by atoms with E-state index in [-0.39, 0.29) is 11.9 Å².